The normalized spacial score (nSPS) is 19.9. The Bertz CT molecular complexity index is 117. The van der Waals surface area contributed by atoms with Gasteiger partial charge < -0.3 is 15.4 Å². The van der Waals surface area contributed by atoms with Crippen molar-refractivity contribution in [3.63, 3.8) is 0 Å². The van der Waals surface area contributed by atoms with Gasteiger partial charge in [-0.3, -0.25) is 0 Å². The number of ether oxygens (including phenoxy) is 1. The molecular weight excluding hydrogens is 140 g/mol. The van der Waals surface area contributed by atoms with Crippen molar-refractivity contribution >= 4 is 0 Å². The van der Waals surface area contributed by atoms with Gasteiger partial charge in [-0.1, -0.05) is 0 Å². The van der Waals surface area contributed by atoms with Gasteiger partial charge in [0.15, 0.2) is 0 Å². The van der Waals surface area contributed by atoms with E-state index in [1.54, 1.807) is 7.11 Å². The summed E-state index contributed by atoms with van der Waals surface area (Å²) in [5, 5.41) is 0. The number of methoxy groups -OCH3 is 1. The zero-order valence-electron chi connectivity index (χ0n) is 8.22. The average molecular weight is 160 g/mol. The third-order valence-electron chi connectivity index (χ3n) is 2.66. The number of nitrogens with zero attached hydrogens (tertiary/aromatic N) is 1. The molecule has 0 radical (unpaired) electrons. The standard InChI is InChI=1S/C8H20N2O/c1-7(11-5)8(2,6-9)10(3)4/h7H,6,9H2,1-5H3. The van der Waals surface area contributed by atoms with E-state index >= 15 is 0 Å². The molecule has 0 aliphatic carbocycles. The molecule has 11 heavy (non-hydrogen) atoms. The molecule has 0 amide bonds. The quantitative estimate of drug-likeness (QED) is 0.643. The van der Waals surface area contributed by atoms with Gasteiger partial charge in [0.1, 0.15) is 0 Å². The SMILES string of the molecule is COC(C)C(C)(CN)N(C)C. The van der Waals surface area contributed by atoms with Crippen molar-refractivity contribution in [2.24, 2.45) is 5.73 Å². The summed E-state index contributed by atoms with van der Waals surface area (Å²) in [5.41, 5.74) is 5.60. The van der Waals surface area contributed by atoms with Gasteiger partial charge in [-0.05, 0) is 27.9 Å². The zero-order chi connectivity index (χ0) is 9.07. The molecule has 0 saturated carbocycles. The molecule has 0 rings (SSSR count). The minimum absolute atomic E-state index is 0.0608. The topological polar surface area (TPSA) is 38.5 Å². The van der Waals surface area contributed by atoms with Crippen LogP contribution < -0.4 is 5.73 Å². The maximum atomic E-state index is 5.66. The van der Waals surface area contributed by atoms with E-state index in [0.717, 1.165) is 0 Å². The highest BCUT2D eigenvalue weighted by molar-refractivity contribution is 4.89. The Balaban J connectivity index is 4.32. The molecule has 0 heterocycles. The molecule has 3 heteroatoms. The number of hydrogen-bond donors (Lipinski definition) is 1. The van der Waals surface area contributed by atoms with Gasteiger partial charge >= 0.3 is 0 Å². The molecule has 0 aliphatic heterocycles. The number of nitrogens with two attached hydrogens (primary N) is 1. The van der Waals surface area contributed by atoms with Crippen molar-refractivity contribution in [1.82, 2.24) is 4.90 Å². The van der Waals surface area contributed by atoms with Crippen LogP contribution in [0.1, 0.15) is 13.8 Å². The monoisotopic (exact) mass is 160 g/mol. The van der Waals surface area contributed by atoms with Gasteiger partial charge in [0.25, 0.3) is 0 Å². The van der Waals surface area contributed by atoms with Crippen LogP contribution in [0.2, 0.25) is 0 Å². The lowest BCUT2D eigenvalue weighted by Gasteiger charge is -2.39. The predicted molar refractivity (Wildman–Crippen MR) is 47.6 cm³/mol. The van der Waals surface area contributed by atoms with E-state index in [4.69, 9.17) is 10.5 Å². The first-order chi connectivity index (χ1) is 4.99. The Morgan fingerprint density at radius 1 is 1.55 bits per heavy atom. The van der Waals surface area contributed by atoms with Crippen LogP contribution >= 0.6 is 0 Å². The summed E-state index contributed by atoms with van der Waals surface area (Å²) in [7, 11) is 5.74. The van der Waals surface area contributed by atoms with Crippen LogP contribution in [-0.4, -0.2) is 44.3 Å². The fraction of sp³-hybridized carbons (Fsp3) is 1.00. The minimum atomic E-state index is -0.0608. The van der Waals surface area contributed by atoms with Gasteiger partial charge in [-0.25, -0.2) is 0 Å². The van der Waals surface area contributed by atoms with Crippen LogP contribution in [0, 0.1) is 0 Å². The van der Waals surface area contributed by atoms with Crippen molar-refractivity contribution in [3.05, 3.63) is 0 Å². The zero-order valence-corrected chi connectivity index (χ0v) is 8.22. The number of hydrogen-bond acceptors (Lipinski definition) is 3. The second kappa shape index (κ2) is 4.04. The van der Waals surface area contributed by atoms with Crippen molar-refractivity contribution in [3.8, 4) is 0 Å². The third-order valence-corrected chi connectivity index (χ3v) is 2.66. The molecule has 0 aromatic rings. The molecule has 0 saturated heterocycles. The van der Waals surface area contributed by atoms with E-state index in [9.17, 15) is 0 Å². The second-order valence-electron chi connectivity index (χ2n) is 3.33. The van der Waals surface area contributed by atoms with Crippen LogP contribution in [-0.2, 0) is 4.74 Å². The lowest BCUT2D eigenvalue weighted by molar-refractivity contribution is -0.00853. The highest BCUT2D eigenvalue weighted by Crippen LogP contribution is 2.16. The van der Waals surface area contributed by atoms with E-state index in [-0.39, 0.29) is 11.6 Å². The molecule has 0 aliphatic rings. The molecule has 0 spiro atoms. The summed E-state index contributed by atoms with van der Waals surface area (Å²) in [6, 6.07) is 0. The fourth-order valence-corrected chi connectivity index (χ4v) is 0.966. The first-order valence-electron chi connectivity index (χ1n) is 3.89. The maximum absolute atomic E-state index is 5.66. The van der Waals surface area contributed by atoms with Gasteiger partial charge in [0.2, 0.25) is 0 Å². The van der Waals surface area contributed by atoms with Crippen LogP contribution in [0.15, 0.2) is 0 Å². The van der Waals surface area contributed by atoms with Crippen molar-refractivity contribution in [2.45, 2.75) is 25.5 Å². The lowest BCUT2D eigenvalue weighted by Crippen LogP contribution is -2.55. The first-order valence-corrected chi connectivity index (χ1v) is 3.89. The second-order valence-corrected chi connectivity index (χ2v) is 3.33. The summed E-state index contributed by atoms with van der Waals surface area (Å²) >= 11 is 0. The number of likely N-dealkylation sites (N-methyl/N-ethyl adjacent to an activating group) is 1. The molecule has 3 nitrogen and oxygen atoms in total. The molecule has 68 valence electrons. The van der Waals surface area contributed by atoms with Crippen molar-refractivity contribution in [1.29, 1.82) is 0 Å². The fourth-order valence-electron chi connectivity index (χ4n) is 0.966. The molecule has 0 aromatic carbocycles. The first kappa shape index (κ1) is 10.9. The van der Waals surface area contributed by atoms with Gasteiger partial charge in [0.05, 0.1) is 11.6 Å². The highest BCUT2D eigenvalue weighted by Gasteiger charge is 2.31. The Morgan fingerprint density at radius 2 is 2.00 bits per heavy atom. The summed E-state index contributed by atoms with van der Waals surface area (Å²) in [6.07, 6.45) is 0.155. The van der Waals surface area contributed by atoms with E-state index in [1.165, 1.54) is 0 Å². The Labute approximate surface area is 69.5 Å². The summed E-state index contributed by atoms with van der Waals surface area (Å²) in [4.78, 5) is 2.10. The minimum Gasteiger partial charge on any atom is -0.380 e. The van der Waals surface area contributed by atoms with Crippen molar-refractivity contribution < 1.29 is 4.74 Å². The lowest BCUT2D eigenvalue weighted by atomic mass is 9.94. The molecule has 0 aromatic heterocycles. The van der Waals surface area contributed by atoms with E-state index in [2.05, 4.69) is 11.8 Å². The smallest absolute Gasteiger partial charge is 0.0736 e. The van der Waals surface area contributed by atoms with Gasteiger partial charge in [-0.2, -0.15) is 0 Å². The Kier molecular flexibility index (Phi) is 4.00. The summed E-state index contributed by atoms with van der Waals surface area (Å²) in [5.74, 6) is 0. The predicted octanol–water partition coefficient (Wildman–Crippen LogP) is 0.300. The van der Waals surface area contributed by atoms with Crippen LogP contribution in [0.25, 0.3) is 0 Å². The van der Waals surface area contributed by atoms with E-state index in [1.807, 2.05) is 21.0 Å². The summed E-state index contributed by atoms with van der Waals surface area (Å²) < 4.78 is 5.25. The molecule has 2 unspecified atom stereocenters. The summed E-state index contributed by atoms with van der Waals surface area (Å²) in [6.45, 7) is 4.74. The van der Waals surface area contributed by atoms with Crippen LogP contribution in [0.3, 0.4) is 0 Å². The molecular formula is C8H20N2O. The molecule has 2 N–H and O–H groups in total. The Hall–Kier alpha value is -0.120. The van der Waals surface area contributed by atoms with E-state index < -0.39 is 0 Å². The Morgan fingerprint density at radius 3 is 2.09 bits per heavy atom. The van der Waals surface area contributed by atoms with Gasteiger partial charge in [0, 0.05) is 13.7 Å². The number of rotatable bonds is 4. The van der Waals surface area contributed by atoms with Gasteiger partial charge in [-0.15, -0.1) is 0 Å². The average Bonchev–Trinajstić information content (AvgIpc) is 2.01. The third kappa shape index (κ3) is 2.15. The molecule has 0 fully saturated rings. The van der Waals surface area contributed by atoms with Crippen LogP contribution in [0.5, 0.6) is 0 Å². The van der Waals surface area contributed by atoms with E-state index in [0.29, 0.717) is 6.54 Å². The highest BCUT2D eigenvalue weighted by atomic mass is 16.5. The molecule has 0 bridgehead atoms. The molecule has 2 atom stereocenters. The largest absolute Gasteiger partial charge is 0.380 e. The van der Waals surface area contributed by atoms with Crippen LogP contribution in [0.4, 0.5) is 0 Å². The van der Waals surface area contributed by atoms with Crippen molar-refractivity contribution in [2.75, 3.05) is 27.7 Å². The maximum Gasteiger partial charge on any atom is 0.0736 e.